The Hall–Kier alpha value is -3.85. The summed E-state index contributed by atoms with van der Waals surface area (Å²) in [5.41, 5.74) is 3.15. The van der Waals surface area contributed by atoms with E-state index in [0.29, 0.717) is 22.7 Å². The van der Waals surface area contributed by atoms with Crippen LogP contribution in [0, 0.1) is 20.8 Å². The molecule has 0 heterocycles. The van der Waals surface area contributed by atoms with Gasteiger partial charge in [0.1, 0.15) is 5.75 Å². The molecule has 0 aliphatic rings. The van der Waals surface area contributed by atoms with Crippen molar-refractivity contribution in [1.29, 1.82) is 0 Å². The number of sulfonamides is 1. The molecule has 0 fully saturated rings. The van der Waals surface area contributed by atoms with Gasteiger partial charge in [-0.15, -0.1) is 0 Å². The van der Waals surface area contributed by atoms with Crippen molar-refractivity contribution >= 4 is 33.3 Å². The first-order valence-corrected chi connectivity index (χ1v) is 11.9. The van der Waals surface area contributed by atoms with E-state index in [9.17, 15) is 18.0 Å². The molecule has 0 aromatic heterocycles. The van der Waals surface area contributed by atoms with Gasteiger partial charge in [-0.2, -0.15) is 0 Å². The molecule has 0 radical (unpaired) electrons. The number of hydrogen-bond acceptors (Lipinski definition) is 6. The fourth-order valence-electron chi connectivity index (χ4n) is 3.26. The summed E-state index contributed by atoms with van der Waals surface area (Å²) in [4.78, 5) is 24.8. The van der Waals surface area contributed by atoms with Crippen LogP contribution in [-0.4, -0.2) is 34.0 Å². The average molecular weight is 483 g/mol. The lowest BCUT2D eigenvalue weighted by Crippen LogP contribution is -2.21. The summed E-state index contributed by atoms with van der Waals surface area (Å²) in [5, 5.41) is 2.64. The predicted octanol–water partition coefficient (Wildman–Crippen LogP) is 4.22. The van der Waals surface area contributed by atoms with Gasteiger partial charge in [0, 0.05) is 5.69 Å². The molecule has 3 rings (SSSR count). The van der Waals surface area contributed by atoms with Crippen LogP contribution in [0.25, 0.3) is 0 Å². The number of ether oxygens (including phenoxy) is 2. The van der Waals surface area contributed by atoms with Crippen molar-refractivity contribution in [2.45, 2.75) is 25.7 Å². The quantitative estimate of drug-likeness (QED) is 0.465. The standard InChI is InChI=1S/C25H26N2O6S/c1-16-6-5-7-20(12-16)27-34(30,31)23-14-19(10-9-18(23)3)25(29)33-15-24(28)26-21-13-17(2)8-11-22(21)32-4/h5-14,27H,15H2,1-4H3,(H,26,28). The summed E-state index contributed by atoms with van der Waals surface area (Å²) < 4.78 is 38.7. The molecule has 1 amide bonds. The lowest BCUT2D eigenvalue weighted by atomic mass is 10.1. The van der Waals surface area contributed by atoms with Gasteiger partial charge in [-0.1, -0.05) is 24.3 Å². The molecule has 0 spiro atoms. The molecule has 0 aliphatic heterocycles. The molecule has 0 saturated heterocycles. The summed E-state index contributed by atoms with van der Waals surface area (Å²) in [6.45, 7) is 4.80. The number of carbonyl (C=O) groups excluding carboxylic acids is 2. The first-order valence-electron chi connectivity index (χ1n) is 10.4. The first kappa shape index (κ1) is 24.8. The third-order valence-corrected chi connectivity index (χ3v) is 6.47. The van der Waals surface area contributed by atoms with E-state index in [2.05, 4.69) is 10.0 Å². The summed E-state index contributed by atoms with van der Waals surface area (Å²) in [5.74, 6) is -0.906. The van der Waals surface area contributed by atoms with Gasteiger partial charge in [-0.25, -0.2) is 13.2 Å². The van der Waals surface area contributed by atoms with E-state index in [4.69, 9.17) is 9.47 Å². The molecule has 3 aromatic carbocycles. The smallest absolute Gasteiger partial charge is 0.338 e. The normalized spacial score (nSPS) is 10.9. The van der Waals surface area contributed by atoms with Crippen molar-refractivity contribution in [1.82, 2.24) is 0 Å². The van der Waals surface area contributed by atoms with E-state index in [0.717, 1.165) is 11.1 Å². The second kappa shape index (κ2) is 10.4. The molecule has 8 nitrogen and oxygen atoms in total. The van der Waals surface area contributed by atoms with Crippen molar-refractivity contribution in [3.8, 4) is 5.75 Å². The molecular weight excluding hydrogens is 456 g/mol. The van der Waals surface area contributed by atoms with Crippen LogP contribution in [0.4, 0.5) is 11.4 Å². The molecule has 3 aromatic rings. The van der Waals surface area contributed by atoms with Gasteiger partial charge in [0.25, 0.3) is 15.9 Å². The number of anilines is 2. The molecule has 0 saturated carbocycles. The van der Waals surface area contributed by atoms with Gasteiger partial charge in [0.2, 0.25) is 0 Å². The Morgan fingerprint density at radius 3 is 2.35 bits per heavy atom. The Morgan fingerprint density at radius 2 is 1.65 bits per heavy atom. The highest BCUT2D eigenvalue weighted by molar-refractivity contribution is 7.92. The number of methoxy groups -OCH3 is 1. The minimum atomic E-state index is -3.95. The average Bonchev–Trinajstić information content (AvgIpc) is 2.77. The Balaban J connectivity index is 1.71. The zero-order valence-electron chi connectivity index (χ0n) is 19.3. The van der Waals surface area contributed by atoms with Crippen LogP contribution in [0.3, 0.4) is 0 Å². The zero-order valence-corrected chi connectivity index (χ0v) is 20.2. The summed E-state index contributed by atoms with van der Waals surface area (Å²) >= 11 is 0. The van der Waals surface area contributed by atoms with Gasteiger partial charge in [0.15, 0.2) is 6.61 Å². The maximum Gasteiger partial charge on any atom is 0.338 e. The molecule has 178 valence electrons. The van der Waals surface area contributed by atoms with Crippen LogP contribution in [0.5, 0.6) is 5.75 Å². The van der Waals surface area contributed by atoms with Crippen molar-refractivity contribution in [3.05, 3.63) is 82.9 Å². The fraction of sp³-hybridized carbons (Fsp3) is 0.200. The van der Waals surface area contributed by atoms with Gasteiger partial charge in [0.05, 0.1) is 23.3 Å². The maximum absolute atomic E-state index is 12.9. The number of benzene rings is 3. The van der Waals surface area contributed by atoms with Gasteiger partial charge in [-0.3, -0.25) is 9.52 Å². The number of esters is 1. The summed E-state index contributed by atoms with van der Waals surface area (Å²) in [6.07, 6.45) is 0. The maximum atomic E-state index is 12.9. The first-order chi connectivity index (χ1) is 16.1. The van der Waals surface area contributed by atoms with Crippen LogP contribution >= 0.6 is 0 Å². The van der Waals surface area contributed by atoms with Crippen LogP contribution in [-0.2, 0) is 19.6 Å². The SMILES string of the molecule is COc1ccc(C)cc1NC(=O)COC(=O)c1ccc(C)c(S(=O)(=O)Nc2cccc(C)c2)c1. The molecule has 0 bridgehead atoms. The Kier molecular flexibility index (Phi) is 7.57. The van der Waals surface area contributed by atoms with Gasteiger partial charge < -0.3 is 14.8 Å². The second-order valence-corrected chi connectivity index (χ2v) is 9.43. The highest BCUT2D eigenvalue weighted by atomic mass is 32.2. The number of aryl methyl sites for hydroxylation is 3. The monoisotopic (exact) mass is 482 g/mol. The third-order valence-electron chi connectivity index (χ3n) is 4.95. The minimum absolute atomic E-state index is 0.0103. The number of hydrogen-bond donors (Lipinski definition) is 2. The Bertz CT molecular complexity index is 1330. The van der Waals surface area contributed by atoms with E-state index >= 15 is 0 Å². The van der Waals surface area contributed by atoms with Crippen molar-refractivity contribution in [2.75, 3.05) is 23.8 Å². The largest absolute Gasteiger partial charge is 0.495 e. The van der Waals surface area contributed by atoms with E-state index in [-0.39, 0.29) is 10.5 Å². The van der Waals surface area contributed by atoms with Crippen LogP contribution in [0.2, 0.25) is 0 Å². The Labute approximate surface area is 199 Å². The van der Waals surface area contributed by atoms with Gasteiger partial charge >= 0.3 is 5.97 Å². The van der Waals surface area contributed by atoms with E-state index < -0.39 is 28.5 Å². The number of nitrogens with one attached hydrogen (secondary N) is 2. The predicted molar refractivity (Wildman–Crippen MR) is 130 cm³/mol. The highest BCUT2D eigenvalue weighted by Gasteiger charge is 2.20. The van der Waals surface area contributed by atoms with Crippen LogP contribution < -0.4 is 14.8 Å². The lowest BCUT2D eigenvalue weighted by Gasteiger charge is -2.13. The molecule has 0 aliphatic carbocycles. The summed E-state index contributed by atoms with van der Waals surface area (Å²) in [7, 11) is -2.47. The fourth-order valence-corrected chi connectivity index (χ4v) is 4.58. The van der Waals surface area contributed by atoms with E-state index in [1.807, 2.05) is 26.0 Å². The Morgan fingerprint density at radius 1 is 0.912 bits per heavy atom. The summed E-state index contributed by atoms with van der Waals surface area (Å²) in [6, 6.07) is 16.4. The number of amides is 1. The molecule has 2 N–H and O–H groups in total. The highest BCUT2D eigenvalue weighted by Crippen LogP contribution is 2.25. The topological polar surface area (TPSA) is 111 Å². The van der Waals surface area contributed by atoms with Crippen LogP contribution in [0.1, 0.15) is 27.0 Å². The molecule has 0 atom stereocenters. The van der Waals surface area contributed by atoms with Crippen molar-refractivity contribution in [3.63, 3.8) is 0 Å². The molecule has 34 heavy (non-hydrogen) atoms. The molecular formula is C25H26N2O6S. The van der Waals surface area contributed by atoms with Crippen molar-refractivity contribution in [2.24, 2.45) is 0 Å². The number of carbonyl (C=O) groups is 2. The third kappa shape index (κ3) is 6.14. The van der Waals surface area contributed by atoms with Gasteiger partial charge in [-0.05, 0) is 73.9 Å². The minimum Gasteiger partial charge on any atom is -0.495 e. The molecule has 0 unspecified atom stereocenters. The van der Waals surface area contributed by atoms with Crippen LogP contribution in [0.15, 0.2) is 65.6 Å². The van der Waals surface area contributed by atoms with E-state index in [1.54, 1.807) is 37.3 Å². The zero-order chi connectivity index (χ0) is 24.9. The van der Waals surface area contributed by atoms with E-state index in [1.165, 1.54) is 25.3 Å². The second-order valence-electron chi connectivity index (χ2n) is 7.78. The lowest BCUT2D eigenvalue weighted by molar-refractivity contribution is -0.119. The number of rotatable bonds is 8. The van der Waals surface area contributed by atoms with Crippen molar-refractivity contribution < 1.29 is 27.5 Å². The molecule has 9 heteroatoms.